The Morgan fingerprint density at radius 3 is 2.50 bits per heavy atom. The van der Waals surface area contributed by atoms with Crippen molar-refractivity contribution in [2.24, 2.45) is 0 Å². The number of rotatable bonds is 4. The van der Waals surface area contributed by atoms with Crippen LogP contribution in [0.1, 0.15) is 28.7 Å². The van der Waals surface area contributed by atoms with Gasteiger partial charge >= 0.3 is 0 Å². The van der Waals surface area contributed by atoms with Crippen molar-refractivity contribution in [2.75, 3.05) is 20.6 Å². The first kappa shape index (κ1) is 14.8. The number of amides is 1. The third kappa shape index (κ3) is 3.04. The van der Waals surface area contributed by atoms with Gasteiger partial charge in [0.25, 0.3) is 0 Å². The predicted octanol–water partition coefficient (Wildman–Crippen LogP) is 2.75. The fourth-order valence-corrected chi connectivity index (χ4v) is 3.29. The zero-order valence-electron chi connectivity index (χ0n) is 13.1. The summed E-state index contributed by atoms with van der Waals surface area (Å²) in [6.07, 6.45) is 0.979. The summed E-state index contributed by atoms with van der Waals surface area (Å²) in [5.41, 5.74) is 3.88. The number of fused-ring (bicyclic) bond motifs is 1. The summed E-state index contributed by atoms with van der Waals surface area (Å²) in [6, 6.07) is 19.0. The van der Waals surface area contributed by atoms with Gasteiger partial charge in [-0.25, -0.2) is 0 Å². The van der Waals surface area contributed by atoms with E-state index in [9.17, 15) is 4.79 Å². The summed E-state index contributed by atoms with van der Waals surface area (Å²) in [5.74, 6) is 0.386. The minimum Gasteiger partial charge on any atom is -0.348 e. The van der Waals surface area contributed by atoms with Crippen molar-refractivity contribution in [2.45, 2.75) is 18.4 Å². The lowest BCUT2D eigenvalue weighted by Gasteiger charge is -2.23. The lowest BCUT2D eigenvalue weighted by Crippen LogP contribution is -2.37. The lowest BCUT2D eigenvalue weighted by atomic mass is 9.92. The van der Waals surface area contributed by atoms with E-state index in [0.717, 1.165) is 6.42 Å². The van der Waals surface area contributed by atoms with Crippen molar-refractivity contribution in [3.8, 4) is 0 Å². The Kier molecular flexibility index (Phi) is 4.25. The molecule has 2 aromatic carbocycles. The quantitative estimate of drug-likeness (QED) is 0.940. The highest BCUT2D eigenvalue weighted by Crippen LogP contribution is 2.42. The molecule has 3 heteroatoms. The summed E-state index contributed by atoms with van der Waals surface area (Å²) in [5, 5.41) is 3.23. The molecule has 1 N–H and O–H groups in total. The van der Waals surface area contributed by atoms with Crippen LogP contribution in [-0.2, 0) is 11.2 Å². The van der Waals surface area contributed by atoms with Crippen molar-refractivity contribution in [1.29, 1.82) is 0 Å². The maximum atomic E-state index is 12.2. The van der Waals surface area contributed by atoms with Gasteiger partial charge in [0.2, 0.25) is 5.91 Å². The van der Waals surface area contributed by atoms with Crippen molar-refractivity contribution in [3.05, 3.63) is 71.3 Å². The number of nitrogens with one attached hydrogen (secondary N) is 1. The molecule has 0 radical (unpaired) electrons. The highest BCUT2D eigenvalue weighted by Gasteiger charge is 2.34. The molecule has 1 aliphatic rings. The van der Waals surface area contributed by atoms with Crippen LogP contribution in [0.5, 0.6) is 0 Å². The van der Waals surface area contributed by atoms with Crippen LogP contribution in [0.4, 0.5) is 0 Å². The topological polar surface area (TPSA) is 32.3 Å². The molecule has 1 amide bonds. The normalized spacial score (nSPS) is 20.0. The summed E-state index contributed by atoms with van der Waals surface area (Å²) in [7, 11) is 3.83. The second-order valence-electron chi connectivity index (χ2n) is 6.20. The fourth-order valence-electron chi connectivity index (χ4n) is 3.29. The molecule has 3 rings (SSSR count). The third-order valence-corrected chi connectivity index (χ3v) is 4.24. The monoisotopic (exact) mass is 294 g/mol. The zero-order valence-corrected chi connectivity index (χ0v) is 13.1. The molecule has 0 fully saturated rings. The summed E-state index contributed by atoms with van der Waals surface area (Å²) in [6.45, 7) is 0.417. The van der Waals surface area contributed by atoms with Crippen molar-refractivity contribution in [3.63, 3.8) is 0 Å². The van der Waals surface area contributed by atoms with Crippen LogP contribution in [-0.4, -0.2) is 31.4 Å². The van der Waals surface area contributed by atoms with Crippen molar-refractivity contribution in [1.82, 2.24) is 10.2 Å². The molecule has 22 heavy (non-hydrogen) atoms. The van der Waals surface area contributed by atoms with E-state index in [1.54, 1.807) is 0 Å². The zero-order chi connectivity index (χ0) is 15.5. The first-order chi connectivity index (χ1) is 10.6. The number of carbonyl (C=O) groups excluding carboxylic acids is 1. The molecule has 2 atom stereocenters. The number of carbonyl (C=O) groups is 1. The Labute approximate surface area is 132 Å². The average Bonchev–Trinajstić information content (AvgIpc) is 2.86. The van der Waals surface area contributed by atoms with Gasteiger partial charge in [-0.15, -0.1) is 0 Å². The van der Waals surface area contributed by atoms with E-state index in [1.165, 1.54) is 16.7 Å². The van der Waals surface area contributed by atoms with Gasteiger partial charge in [0.05, 0.1) is 12.6 Å². The summed E-state index contributed by atoms with van der Waals surface area (Å²) < 4.78 is 0. The molecule has 0 bridgehead atoms. The van der Waals surface area contributed by atoms with Crippen LogP contribution < -0.4 is 5.32 Å². The molecule has 0 spiro atoms. The maximum absolute atomic E-state index is 12.2. The van der Waals surface area contributed by atoms with Gasteiger partial charge in [0.15, 0.2) is 0 Å². The lowest BCUT2D eigenvalue weighted by molar-refractivity contribution is -0.122. The average molecular weight is 294 g/mol. The predicted molar refractivity (Wildman–Crippen MR) is 88.8 cm³/mol. The summed E-state index contributed by atoms with van der Waals surface area (Å²) >= 11 is 0. The molecule has 3 nitrogen and oxygen atoms in total. The highest BCUT2D eigenvalue weighted by atomic mass is 16.2. The minimum atomic E-state index is 0.0612. The van der Waals surface area contributed by atoms with Gasteiger partial charge in [0, 0.05) is 5.92 Å². The van der Waals surface area contributed by atoms with E-state index in [-0.39, 0.29) is 11.9 Å². The second kappa shape index (κ2) is 6.32. The Morgan fingerprint density at radius 1 is 1.09 bits per heavy atom. The molecular formula is C19H22N2O. The first-order valence-electron chi connectivity index (χ1n) is 7.72. The second-order valence-corrected chi connectivity index (χ2v) is 6.20. The van der Waals surface area contributed by atoms with E-state index in [1.807, 2.05) is 25.1 Å². The largest absolute Gasteiger partial charge is 0.348 e. The minimum absolute atomic E-state index is 0.0612. The molecule has 0 saturated carbocycles. The molecule has 0 saturated heterocycles. The van der Waals surface area contributed by atoms with Gasteiger partial charge in [-0.05, 0) is 37.2 Å². The Morgan fingerprint density at radius 2 is 1.77 bits per heavy atom. The van der Waals surface area contributed by atoms with E-state index >= 15 is 0 Å². The van der Waals surface area contributed by atoms with Crippen LogP contribution in [0.3, 0.4) is 0 Å². The van der Waals surface area contributed by atoms with E-state index in [2.05, 4.69) is 53.8 Å². The van der Waals surface area contributed by atoms with Crippen LogP contribution in [0, 0.1) is 0 Å². The van der Waals surface area contributed by atoms with Gasteiger partial charge < -0.3 is 10.2 Å². The first-order valence-corrected chi connectivity index (χ1v) is 7.72. The molecule has 2 unspecified atom stereocenters. The molecule has 114 valence electrons. The number of benzene rings is 2. The Balaban J connectivity index is 1.89. The van der Waals surface area contributed by atoms with E-state index < -0.39 is 0 Å². The number of likely N-dealkylation sites (N-methyl/N-ethyl adjacent to an activating group) is 1. The van der Waals surface area contributed by atoms with Gasteiger partial charge in [-0.2, -0.15) is 0 Å². The van der Waals surface area contributed by atoms with Gasteiger partial charge in [-0.1, -0.05) is 54.6 Å². The number of hydrogen-bond acceptors (Lipinski definition) is 2. The Hall–Kier alpha value is -2.13. The molecule has 2 aromatic rings. The third-order valence-electron chi connectivity index (χ3n) is 4.24. The molecular weight excluding hydrogens is 272 g/mol. The van der Waals surface area contributed by atoms with Crippen LogP contribution in [0.15, 0.2) is 54.6 Å². The SMILES string of the molecule is CN(C)CC(=O)NC1c2ccccc2CC1c1ccccc1. The van der Waals surface area contributed by atoms with Gasteiger partial charge in [-0.3, -0.25) is 4.79 Å². The molecule has 1 aliphatic carbocycles. The van der Waals surface area contributed by atoms with Crippen molar-refractivity contribution < 1.29 is 4.79 Å². The van der Waals surface area contributed by atoms with Crippen LogP contribution in [0.2, 0.25) is 0 Å². The number of nitrogens with zero attached hydrogens (tertiary/aromatic N) is 1. The fraction of sp³-hybridized carbons (Fsp3) is 0.316. The van der Waals surface area contributed by atoms with Crippen LogP contribution in [0.25, 0.3) is 0 Å². The van der Waals surface area contributed by atoms with Crippen LogP contribution >= 0.6 is 0 Å². The highest BCUT2D eigenvalue weighted by molar-refractivity contribution is 5.79. The summed E-state index contributed by atoms with van der Waals surface area (Å²) in [4.78, 5) is 14.1. The van der Waals surface area contributed by atoms with E-state index in [0.29, 0.717) is 12.5 Å². The smallest absolute Gasteiger partial charge is 0.234 e. The van der Waals surface area contributed by atoms with E-state index in [4.69, 9.17) is 0 Å². The molecule has 0 aliphatic heterocycles. The molecule has 0 heterocycles. The maximum Gasteiger partial charge on any atom is 0.234 e. The van der Waals surface area contributed by atoms with Crippen molar-refractivity contribution >= 4 is 5.91 Å². The standard InChI is InChI=1S/C19H22N2O/c1-21(2)13-18(22)20-19-16-11-7-6-10-15(16)12-17(19)14-8-4-3-5-9-14/h3-11,17,19H,12-13H2,1-2H3,(H,20,22). The molecule has 0 aromatic heterocycles. The van der Waals surface area contributed by atoms with Gasteiger partial charge in [0.1, 0.15) is 0 Å². The number of hydrogen-bond donors (Lipinski definition) is 1. The Bertz CT molecular complexity index is 651.